The highest BCUT2D eigenvalue weighted by Crippen LogP contribution is 2.27. The lowest BCUT2D eigenvalue weighted by Gasteiger charge is -2.39. The summed E-state index contributed by atoms with van der Waals surface area (Å²) in [6.45, 7) is 5.60. The molecule has 0 aromatic heterocycles. The molecule has 1 aromatic carbocycles. The average molecular weight is 218 g/mol. The summed E-state index contributed by atoms with van der Waals surface area (Å²) in [6, 6.07) is 9.69. The minimum atomic E-state index is 0.389. The normalized spacial score (nSPS) is 25.8. The van der Waals surface area contributed by atoms with Crippen molar-refractivity contribution in [3.8, 4) is 0 Å². The summed E-state index contributed by atoms with van der Waals surface area (Å²) in [6.07, 6.45) is 3.33. The first-order valence-electron chi connectivity index (χ1n) is 6.32. The highest BCUT2D eigenvalue weighted by atomic mass is 15.2. The van der Waals surface area contributed by atoms with Crippen LogP contribution in [0.15, 0.2) is 24.3 Å². The number of benzene rings is 1. The van der Waals surface area contributed by atoms with Gasteiger partial charge in [-0.3, -0.25) is 0 Å². The molecule has 16 heavy (non-hydrogen) atoms. The van der Waals surface area contributed by atoms with Crippen molar-refractivity contribution in [2.75, 3.05) is 11.4 Å². The van der Waals surface area contributed by atoms with Crippen molar-refractivity contribution in [1.82, 2.24) is 0 Å². The molecule has 0 radical (unpaired) electrons. The fourth-order valence-corrected chi connectivity index (χ4v) is 2.66. The zero-order valence-corrected chi connectivity index (χ0v) is 10.3. The van der Waals surface area contributed by atoms with Gasteiger partial charge >= 0.3 is 0 Å². The summed E-state index contributed by atoms with van der Waals surface area (Å²) in [4.78, 5) is 2.52. The summed E-state index contributed by atoms with van der Waals surface area (Å²) in [5, 5.41) is 0. The Morgan fingerprint density at radius 2 is 2.12 bits per heavy atom. The maximum absolute atomic E-state index is 6.01. The van der Waals surface area contributed by atoms with E-state index in [9.17, 15) is 0 Å². The van der Waals surface area contributed by atoms with Crippen molar-refractivity contribution in [2.24, 2.45) is 5.73 Å². The second kappa shape index (κ2) is 4.88. The molecule has 0 saturated carbocycles. The van der Waals surface area contributed by atoms with Crippen molar-refractivity contribution in [3.63, 3.8) is 0 Å². The Hall–Kier alpha value is -1.02. The number of para-hydroxylation sites is 1. The van der Waals surface area contributed by atoms with Gasteiger partial charge < -0.3 is 10.6 Å². The maximum atomic E-state index is 6.01. The first kappa shape index (κ1) is 11.5. The molecule has 2 unspecified atom stereocenters. The number of aryl methyl sites for hydroxylation is 1. The monoisotopic (exact) mass is 218 g/mol. The summed E-state index contributed by atoms with van der Waals surface area (Å²) < 4.78 is 0. The first-order valence-corrected chi connectivity index (χ1v) is 6.32. The SMILES string of the molecule is CCc1ccccc1N1CCC(N)CC1C. The van der Waals surface area contributed by atoms with Crippen LogP contribution in [0, 0.1) is 0 Å². The third-order valence-corrected chi connectivity index (χ3v) is 3.60. The summed E-state index contributed by atoms with van der Waals surface area (Å²) in [5.74, 6) is 0. The molecule has 2 atom stereocenters. The molecule has 0 bridgehead atoms. The van der Waals surface area contributed by atoms with E-state index in [1.165, 1.54) is 11.3 Å². The first-order chi connectivity index (χ1) is 7.72. The molecule has 0 spiro atoms. The minimum Gasteiger partial charge on any atom is -0.368 e. The van der Waals surface area contributed by atoms with Gasteiger partial charge in [-0.1, -0.05) is 25.1 Å². The van der Waals surface area contributed by atoms with Gasteiger partial charge in [0, 0.05) is 24.3 Å². The van der Waals surface area contributed by atoms with E-state index in [1.54, 1.807) is 0 Å². The fraction of sp³-hybridized carbons (Fsp3) is 0.571. The van der Waals surface area contributed by atoms with Crippen LogP contribution >= 0.6 is 0 Å². The molecule has 0 aliphatic carbocycles. The van der Waals surface area contributed by atoms with Gasteiger partial charge in [0.2, 0.25) is 0 Å². The molecule has 2 rings (SSSR count). The van der Waals surface area contributed by atoms with Crippen LogP contribution in [-0.4, -0.2) is 18.6 Å². The van der Waals surface area contributed by atoms with Crippen molar-refractivity contribution < 1.29 is 0 Å². The molecular formula is C14H22N2. The lowest BCUT2D eigenvalue weighted by Crippen LogP contribution is -2.45. The molecule has 88 valence electrons. The van der Waals surface area contributed by atoms with Gasteiger partial charge in [-0.05, 0) is 37.8 Å². The van der Waals surface area contributed by atoms with E-state index < -0.39 is 0 Å². The van der Waals surface area contributed by atoms with Gasteiger partial charge in [0.05, 0.1) is 0 Å². The Balaban J connectivity index is 2.23. The predicted octanol–water partition coefficient (Wildman–Crippen LogP) is 2.57. The zero-order chi connectivity index (χ0) is 11.5. The predicted molar refractivity (Wildman–Crippen MR) is 69.8 cm³/mol. The highest BCUT2D eigenvalue weighted by Gasteiger charge is 2.24. The average Bonchev–Trinajstić information content (AvgIpc) is 2.29. The van der Waals surface area contributed by atoms with Gasteiger partial charge in [0.15, 0.2) is 0 Å². The molecule has 1 heterocycles. The topological polar surface area (TPSA) is 29.3 Å². The van der Waals surface area contributed by atoms with Gasteiger partial charge in [0.25, 0.3) is 0 Å². The van der Waals surface area contributed by atoms with Crippen LogP contribution < -0.4 is 10.6 Å². The lowest BCUT2D eigenvalue weighted by atomic mass is 9.97. The number of nitrogens with two attached hydrogens (primary N) is 1. The molecule has 1 fully saturated rings. The Morgan fingerprint density at radius 1 is 1.38 bits per heavy atom. The number of rotatable bonds is 2. The van der Waals surface area contributed by atoms with Crippen molar-refractivity contribution in [2.45, 2.75) is 45.2 Å². The standard InChI is InChI=1S/C14H22N2/c1-3-12-6-4-5-7-14(12)16-9-8-13(15)10-11(16)2/h4-7,11,13H,3,8-10,15H2,1-2H3. The molecule has 1 aliphatic rings. The third-order valence-electron chi connectivity index (χ3n) is 3.60. The molecule has 2 N–H and O–H groups in total. The van der Waals surface area contributed by atoms with Crippen molar-refractivity contribution in [3.05, 3.63) is 29.8 Å². The molecule has 1 aliphatic heterocycles. The minimum absolute atomic E-state index is 0.389. The maximum Gasteiger partial charge on any atom is 0.0401 e. The molecule has 0 amide bonds. The highest BCUT2D eigenvalue weighted by molar-refractivity contribution is 5.54. The van der Waals surface area contributed by atoms with E-state index in [2.05, 4.69) is 43.0 Å². The molecular weight excluding hydrogens is 196 g/mol. The van der Waals surface area contributed by atoms with Crippen LogP contribution in [0.25, 0.3) is 0 Å². The van der Waals surface area contributed by atoms with E-state index in [-0.39, 0.29) is 0 Å². The van der Waals surface area contributed by atoms with Gasteiger partial charge in [-0.15, -0.1) is 0 Å². The molecule has 2 nitrogen and oxygen atoms in total. The Bertz CT molecular complexity index is 348. The number of nitrogens with zero attached hydrogens (tertiary/aromatic N) is 1. The smallest absolute Gasteiger partial charge is 0.0401 e. The van der Waals surface area contributed by atoms with Crippen LogP contribution in [-0.2, 0) is 6.42 Å². The number of anilines is 1. The molecule has 1 saturated heterocycles. The largest absolute Gasteiger partial charge is 0.368 e. The van der Waals surface area contributed by atoms with E-state index in [1.807, 2.05) is 0 Å². The van der Waals surface area contributed by atoms with E-state index in [0.29, 0.717) is 12.1 Å². The number of hydrogen-bond donors (Lipinski definition) is 1. The quantitative estimate of drug-likeness (QED) is 0.826. The second-order valence-corrected chi connectivity index (χ2v) is 4.81. The lowest BCUT2D eigenvalue weighted by molar-refractivity contribution is 0.429. The molecule has 1 aromatic rings. The Labute approximate surface area is 98.4 Å². The van der Waals surface area contributed by atoms with Gasteiger partial charge in [-0.2, -0.15) is 0 Å². The van der Waals surface area contributed by atoms with Crippen LogP contribution in [0.2, 0.25) is 0 Å². The number of hydrogen-bond acceptors (Lipinski definition) is 2. The van der Waals surface area contributed by atoms with E-state index in [4.69, 9.17) is 5.73 Å². The van der Waals surface area contributed by atoms with Gasteiger partial charge in [0.1, 0.15) is 0 Å². The Morgan fingerprint density at radius 3 is 2.81 bits per heavy atom. The fourth-order valence-electron chi connectivity index (χ4n) is 2.66. The van der Waals surface area contributed by atoms with E-state index in [0.717, 1.165) is 25.8 Å². The summed E-state index contributed by atoms with van der Waals surface area (Å²) in [5.41, 5.74) is 8.87. The summed E-state index contributed by atoms with van der Waals surface area (Å²) >= 11 is 0. The molecule has 2 heteroatoms. The summed E-state index contributed by atoms with van der Waals surface area (Å²) in [7, 11) is 0. The van der Waals surface area contributed by atoms with Crippen LogP contribution in [0.4, 0.5) is 5.69 Å². The van der Waals surface area contributed by atoms with Crippen LogP contribution in [0.3, 0.4) is 0 Å². The van der Waals surface area contributed by atoms with Crippen LogP contribution in [0.5, 0.6) is 0 Å². The second-order valence-electron chi connectivity index (χ2n) is 4.81. The third kappa shape index (κ3) is 2.22. The zero-order valence-electron chi connectivity index (χ0n) is 10.3. The van der Waals surface area contributed by atoms with Gasteiger partial charge in [-0.25, -0.2) is 0 Å². The van der Waals surface area contributed by atoms with Crippen molar-refractivity contribution >= 4 is 5.69 Å². The Kier molecular flexibility index (Phi) is 3.49. The number of piperidine rings is 1. The van der Waals surface area contributed by atoms with E-state index >= 15 is 0 Å². The van der Waals surface area contributed by atoms with Crippen LogP contribution in [0.1, 0.15) is 32.3 Å². The van der Waals surface area contributed by atoms with Crippen molar-refractivity contribution in [1.29, 1.82) is 0 Å².